The summed E-state index contributed by atoms with van der Waals surface area (Å²) >= 11 is 0. The molecule has 37 heavy (non-hydrogen) atoms. The first kappa shape index (κ1) is 25.9. The van der Waals surface area contributed by atoms with Crippen molar-refractivity contribution in [3.05, 3.63) is 23.3 Å². The van der Waals surface area contributed by atoms with Crippen molar-refractivity contribution in [2.24, 2.45) is 16.3 Å². The number of carbonyl (C=O) groups excluding carboxylic acids is 3. The van der Waals surface area contributed by atoms with Crippen LogP contribution in [0.5, 0.6) is 11.5 Å². The van der Waals surface area contributed by atoms with E-state index in [0.29, 0.717) is 43.9 Å². The van der Waals surface area contributed by atoms with E-state index in [2.05, 4.69) is 0 Å². The van der Waals surface area contributed by atoms with Gasteiger partial charge in [0.25, 0.3) is 0 Å². The Bertz CT molecular complexity index is 1180. The Balaban J connectivity index is 1.36. The van der Waals surface area contributed by atoms with Gasteiger partial charge in [0.05, 0.1) is 5.41 Å². The molecule has 1 heterocycles. The average Bonchev–Trinajstić information content (AvgIpc) is 3.58. The number of ether oxygens (including phenoxy) is 2. The van der Waals surface area contributed by atoms with Gasteiger partial charge in [0.2, 0.25) is 0 Å². The predicted octanol–water partition coefficient (Wildman–Crippen LogP) is 4.17. The Kier molecular flexibility index (Phi) is 6.25. The summed E-state index contributed by atoms with van der Waals surface area (Å²) in [4.78, 5) is 44.3. The number of carbonyl (C=O) groups is 3. The smallest absolute Gasteiger partial charge is 0.415 e. The highest BCUT2D eigenvalue weighted by Gasteiger charge is 2.75. The van der Waals surface area contributed by atoms with E-state index < -0.39 is 28.6 Å². The zero-order valence-electron chi connectivity index (χ0n) is 22.6. The predicted molar refractivity (Wildman–Crippen MR) is 138 cm³/mol. The molecule has 0 unspecified atom stereocenters. The Labute approximate surface area is 218 Å². The van der Waals surface area contributed by atoms with Crippen LogP contribution in [0.2, 0.25) is 0 Å². The molecule has 1 aromatic carbocycles. The first-order valence-electron chi connectivity index (χ1n) is 13.4. The number of aliphatic hydroxyl groups is 1. The number of amides is 1. The van der Waals surface area contributed by atoms with Crippen molar-refractivity contribution < 1.29 is 29.0 Å². The van der Waals surface area contributed by atoms with Gasteiger partial charge in [-0.25, -0.2) is 4.79 Å². The third-order valence-corrected chi connectivity index (χ3v) is 8.63. The van der Waals surface area contributed by atoms with Gasteiger partial charge in [0, 0.05) is 56.1 Å². The summed E-state index contributed by atoms with van der Waals surface area (Å²) in [6, 6.07) is 3.53. The Morgan fingerprint density at radius 2 is 2.00 bits per heavy atom. The number of benzene rings is 1. The third kappa shape index (κ3) is 4.17. The molecule has 200 valence electrons. The van der Waals surface area contributed by atoms with E-state index in [4.69, 9.17) is 14.5 Å². The van der Waals surface area contributed by atoms with Crippen molar-refractivity contribution in [1.29, 1.82) is 0 Å². The van der Waals surface area contributed by atoms with Gasteiger partial charge in [-0.2, -0.15) is 0 Å². The molecule has 3 saturated carbocycles. The summed E-state index contributed by atoms with van der Waals surface area (Å²) in [7, 11) is 1.63. The number of hydrogen-bond acceptors (Lipinski definition) is 7. The molecule has 0 radical (unpaired) electrons. The SMILES string of the molecule is Cc1ccc(OC(=O)N(C)CCCC(=O)C(C)(C)C)c2c1[C@]13C/C(=N/CC4CC4)[C@]1(O)CCC(=O)[C@@H]3O2. The maximum Gasteiger partial charge on any atom is 0.415 e. The molecule has 0 aromatic heterocycles. The van der Waals surface area contributed by atoms with Gasteiger partial charge < -0.3 is 19.5 Å². The van der Waals surface area contributed by atoms with Crippen LogP contribution in [0.15, 0.2) is 17.1 Å². The Morgan fingerprint density at radius 3 is 2.68 bits per heavy atom. The highest BCUT2D eigenvalue weighted by Crippen LogP contribution is 2.65. The second-order valence-electron chi connectivity index (χ2n) is 12.4. The highest BCUT2D eigenvalue weighted by atomic mass is 16.6. The van der Waals surface area contributed by atoms with Gasteiger partial charge in [-0.1, -0.05) is 26.8 Å². The van der Waals surface area contributed by atoms with Crippen molar-refractivity contribution in [2.45, 2.75) is 89.8 Å². The lowest BCUT2D eigenvalue weighted by atomic mass is 9.45. The van der Waals surface area contributed by atoms with Crippen LogP contribution in [-0.4, -0.2) is 65.2 Å². The number of aryl methyl sites for hydroxylation is 1. The Morgan fingerprint density at radius 1 is 1.27 bits per heavy atom. The summed E-state index contributed by atoms with van der Waals surface area (Å²) in [6.45, 7) is 8.70. The van der Waals surface area contributed by atoms with Crippen LogP contribution >= 0.6 is 0 Å². The monoisotopic (exact) mass is 510 g/mol. The van der Waals surface area contributed by atoms with E-state index in [9.17, 15) is 19.5 Å². The molecule has 8 heteroatoms. The van der Waals surface area contributed by atoms with Crippen LogP contribution in [0.4, 0.5) is 4.79 Å². The van der Waals surface area contributed by atoms with Crippen LogP contribution in [0.1, 0.15) is 76.8 Å². The molecule has 8 nitrogen and oxygen atoms in total. The van der Waals surface area contributed by atoms with Crippen molar-refractivity contribution in [2.75, 3.05) is 20.1 Å². The lowest BCUT2D eigenvalue weighted by molar-refractivity contribution is -0.145. The van der Waals surface area contributed by atoms with Crippen LogP contribution in [0.3, 0.4) is 0 Å². The summed E-state index contributed by atoms with van der Waals surface area (Å²) in [5.41, 5.74) is -0.123. The number of rotatable bonds is 7. The molecule has 1 N–H and O–H groups in total. The number of nitrogens with zero attached hydrogens (tertiary/aromatic N) is 2. The first-order valence-corrected chi connectivity index (χ1v) is 13.4. The maximum absolute atomic E-state index is 13.0. The van der Waals surface area contributed by atoms with E-state index in [1.165, 1.54) is 17.7 Å². The van der Waals surface area contributed by atoms with E-state index >= 15 is 0 Å². The maximum atomic E-state index is 13.0. The molecule has 3 atom stereocenters. The highest BCUT2D eigenvalue weighted by molar-refractivity contribution is 6.08. The molecule has 1 spiro atoms. The van der Waals surface area contributed by atoms with Crippen LogP contribution in [0, 0.1) is 18.3 Å². The van der Waals surface area contributed by atoms with Gasteiger partial charge >= 0.3 is 6.09 Å². The lowest BCUT2D eigenvalue weighted by Crippen LogP contribution is -2.75. The number of aliphatic imine (C=N–C) groups is 1. The molecule has 0 saturated heterocycles. The van der Waals surface area contributed by atoms with Crippen molar-refractivity contribution in [1.82, 2.24) is 4.90 Å². The minimum atomic E-state index is -1.23. The summed E-state index contributed by atoms with van der Waals surface area (Å²) in [5.74, 6) is 1.32. The van der Waals surface area contributed by atoms with E-state index in [1.807, 2.05) is 33.8 Å². The molecular formula is C29H38N2O6. The zero-order chi connectivity index (χ0) is 26.8. The minimum absolute atomic E-state index is 0.0422. The molecular weight excluding hydrogens is 472 g/mol. The molecule has 1 aromatic rings. The standard InChI is InChI=1S/C29H38N2O6/c1-17-8-11-20(36-26(34)31(5)14-6-7-22(33)27(2,3)4)24-23(17)28-15-21(30-16-18-9-10-18)29(28,35)13-12-19(32)25(28)37-24/h8,11,18,25,35H,6-7,9-10,12-16H2,1-5H3/b30-21-/t25-,28-,29+/m0/s1. The van der Waals surface area contributed by atoms with Gasteiger partial charge in [0.1, 0.15) is 11.4 Å². The molecule has 1 aliphatic heterocycles. The topological polar surface area (TPSA) is 106 Å². The molecule has 4 aliphatic rings. The fourth-order valence-electron chi connectivity index (χ4n) is 6.06. The van der Waals surface area contributed by atoms with Gasteiger partial charge in [-0.3, -0.25) is 14.6 Å². The van der Waals surface area contributed by atoms with Crippen LogP contribution in [-0.2, 0) is 15.0 Å². The number of Topliss-reactive ketones (excluding diaryl/α,β-unsaturated/α-hetero) is 2. The quantitative estimate of drug-likeness (QED) is 0.590. The third-order valence-electron chi connectivity index (χ3n) is 8.63. The molecule has 3 aliphatic carbocycles. The van der Waals surface area contributed by atoms with Crippen molar-refractivity contribution in [3.8, 4) is 11.5 Å². The second kappa shape index (κ2) is 8.93. The number of ketones is 2. The summed E-state index contributed by atoms with van der Waals surface area (Å²) in [6.07, 6.45) is 2.94. The molecule has 3 fully saturated rings. The second-order valence-corrected chi connectivity index (χ2v) is 12.4. The fourth-order valence-corrected chi connectivity index (χ4v) is 6.06. The van der Waals surface area contributed by atoms with Gasteiger partial charge in [-0.05, 0) is 50.2 Å². The lowest BCUT2D eigenvalue weighted by Gasteiger charge is -2.59. The Hall–Kier alpha value is -2.74. The molecule has 5 rings (SSSR count). The number of fused-ring (bicyclic) bond motifs is 1. The molecule has 1 amide bonds. The largest absolute Gasteiger partial charge is 0.477 e. The fraction of sp³-hybridized carbons (Fsp3) is 0.655. The normalized spacial score (nSPS) is 29.1. The van der Waals surface area contributed by atoms with Gasteiger partial charge in [-0.15, -0.1) is 0 Å². The minimum Gasteiger partial charge on any atom is -0.477 e. The number of hydrogen-bond donors (Lipinski definition) is 1. The van der Waals surface area contributed by atoms with Crippen molar-refractivity contribution >= 4 is 23.4 Å². The summed E-state index contributed by atoms with van der Waals surface area (Å²) in [5, 5.41) is 11.9. The first-order chi connectivity index (χ1) is 17.4. The van der Waals surface area contributed by atoms with E-state index in [-0.39, 0.29) is 23.7 Å². The van der Waals surface area contributed by atoms with E-state index in [1.54, 1.807) is 13.1 Å². The average molecular weight is 511 g/mol. The van der Waals surface area contributed by atoms with Crippen LogP contribution in [0.25, 0.3) is 0 Å². The van der Waals surface area contributed by atoms with E-state index in [0.717, 1.165) is 23.4 Å². The molecule has 0 bridgehead atoms. The zero-order valence-corrected chi connectivity index (χ0v) is 22.6. The van der Waals surface area contributed by atoms with Crippen LogP contribution < -0.4 is 9.47 Å². The summed E-state index contributed by atoms with van der Waals surface area (Å²) < 4.78 is 12.0. The van der Waals surface area contributed by atoms with Gasteiger partial charge in [0.15, 0.2) is 23.4 Å². The van der Waals surface area contributed by atoms with Crippen molar-refractivity contribution in [3.63, 3.8) is 0 Å².